The molecule has 3 rings (SSSR count). The van der Waals surface area contributed by atoms with E-state index in [4.69, 9.17) is 9.47 Å². The van der Waals surface area contributed by atoms with Crippen LogP contribution in [0.3, 0.4) is 0 Å². The molecule has 0 N–H and O–H groups in total. The van der Waals surface area contributed by atoms with Crippen molar-refractivity contribution in [3.8, 4) is 5.75 Å². The molecular formula is C20H21FN2O4. The van der Waals surface area contributed by atoms with Gasteiger partial charge in [0.05, 0.1) is 18.7 Å². The van der Waals surface area contributed by atoms with Crippen LogP contribution in [0.25, 0.3) is 0 Å². The molecular weight excluding hydrogens is 351 g/mol. The van der Waals surface area contributed by atoms with E-state index >= 15 is 0 Å². The Balaban J connectivity index is 1.60. The lowest BCUT2D eigenvalue weighted by Crippen LogP contribution is -2.47. The molecule has 1 saturated heterocycles. The zero-order valence-corrected chi connectivity index (χ0v) is 15.3. The van der Waals surface area contributed by atoms with Gasteiger partial charge in [-0.25, -0.2) is 4.98 Å². The van der Waals surface area contributed by atoms with Crippen LogP contribution in [0, 0.1) is 12.9 Å². The molecule has 0 bridgehead atoms. The Morgan fingerprint density at radius 1 is 1.33 bits per heavy atom. The lowest BCUT2D eigenvalue weighted by molar-refractivity contribution is -0.0402. The number of carbonyl (C=O) groups is 2. The Morgan fingerprint density at radius 2 is 2.15 bits per heavy atom. The van der Waals surface area contributed by atoms with Gasteiger partial charge in [-0.2, -0.15) is 4.39 Å². The molecule has 0 saturated carbocycles. The molecule has 27 heavy (non-hydrogen) atoms. The zero-order valence-electron chi connectivity index (χ0n) is 15.3. The molecule has 0 spiro atoms. The molecule has 1 unspecified atom stereocenters. The largest absolute Gasteiger partial charge is 0.491 e. The van der Waals surface area contributed by atoms with E-state index in [1.54, 1.807) is 23.1 Å². The Bertz CT molecular complexity index is 856. The van der Waals surface area contributed by atoms with Crippen LogP contribution in [0.15, 0.2) is 36.5 Å². The summed E-state index contributed by atoms with van der Waals surface area (Å²) in [6.07, 6.45) is 0.983. The van der Waals surface area contributed by atoms with E-state index in [2.05, 4.69) is 4.98 Å². The predicted molar refractivity (Wildman–Crippen MR) is 96.5 cm³/mol. The van der Waals surface area contributed by atoms with E-state index in [9.17, 15) is 14.0 Å². The van der Waals surface area contributed by atoms with Crippen molar-refractivity contribution in [2.45, 2.75) is 20.0 Å². The summed E-state index contributed by atoms with van der Waals surface area (Å²) in [4.78, 5) is 29.1. The van der Waals surface area contributed by atoms with Crippen molar-refractivity contribution < 1.29 is 23.5 Å². The number of ketones is 1. The molecule has 1 aliphatic heterocycles. The number of rotatable bonds is 5. The highest BCUT2D eigenvalue weighted by atomic mass is 19.1. The lowest BCUT2D eigenvalue weighted by Gasteiger charge is -2.32. The number of Topliss-reactive ketones (excluding diaryl/α,β-unsaturated/α-hetero) is 1. The van der Waals surface area contributed by atoms with Crippen molar-refractivity contribution >= 4 is 11.7 Å². The van der Waals surface area contributed by atoms with Crippen LogP contribution in [-0.4, -0.2) is 54.0 Å². The average molecular weight is 372 g/mol. The highest BCUT2D eigenvalue weighted by molar-refractivity contribution is 5.95. The molecule has 1 fully saturated rings. The first-order chi connectivity index (χ1) is 13.0. The molecule has 6 nitrogen and oxygen atoms in total. The highest BCUT2D eigenvalue weighted by Gasteiger charge is 2.27. The molecule has 1 atom stereocenters. The van der Waals surface area contributed by atoms with Crippen molar-refractivity contribution in [3.05, 3.63) is 59.2 Å². The maximum atomic E-state index is 13.8. The van der Waals surface area contributed by atoms with E-state index in [-0.39, 0.29) is 24.1 Å². The van der Waals surface area contributed by atoms with E-state index < -0.39 is 11.9 Å². The molecule has 1 aromatic heterocycles. The van der Waals surface area contributed by atoms with Crippen molar-refractivity contribution in [3.63, 3.8) is 0 Å². The summed E-state index contributed by atoms with van der Waals surface area (Å²) in [7, 11) is 0. The lowest BCUT2D eigenvalue weighted by atomic mass is 10.1. The van der Waals surface area contributed by atoms with Crippen LogP contribution in [0.5, 0.6) is 5.75 Å². The van der Waals surface area contributed by atoms with Crippen LogP contribution in [0.2, 0.25) is 0 Å². The molecule has 2 heterocycles. The first kappa shape index (κ1) is 19.0. The van der Waals surface area contributed by atoms with E-state index in [1.165, 1.54) is 25.3 Å². The van der Waals surface area contributed by atoms with E-state index in [0.717, 1.165) is 5.56 Å². The molecule has 0 aliphatic carbocycles. The third-order valence-electron chi connectivity index (χ3n) is 4.43. The molecule has 1 amide bonds. The summed E-state index contributed by atoms with van der Waals surface area (Å²) < 4.78 is 25.2. The number of hydrogen-bond donors (Lipinski definition) is 0. The minimum Gasteiger partial charge on any atom is -0.491 e. The maximum Gasteiger partial charge on any atom is 0.258 e. The van der Waals surface area contributed by atoms with Gasteiger partial charge in [-0.05, 0) is 49.7 Å². The molecule has 142 valence electrons. The Morgan fingerprint density at radius 3 is 2.85 bits per heavy atom. The van der Waals surface area contributed by atoms with Gasteiger partial charge >= 0.3 is 0 Å². The summed E-state index contributed by atoms with van der Waals surface area (Å²) in [5, 5.41) is 0. The minimum atomic E-state index is -0.775. The van der Waals surface area contributed by atoms with E-state index in [0.29, 0.717) is 31.0 Å². The number of ether oxygens (including phenoxy) is 2. The van der Waals surface area contributed by atoms with Gasteiger partial charge in [-0.1, -0.05) is 0 Å². The van der Waals surface area contributed by atoms with Gasteiger partial charge in [0.15, 0.2) is 5.78 Å². The monoisotopic (exact) mass is 372 g/mol. The quantitative estimate of drug-likeness (QED) is 0.596. The van der Waals surface area contributed by atoms with Gasteiger partial charge in [0, 0.05) is 18.3 Å². The average Bonchev–Trinajstić information content (AvgIpc) is 2.66. The summed E-state index contributed by atoms with van der Waals surface area (Å²) in [6, 6.07) is 8.22. The number of amides is 1. The number of halogens is 1. The number of hydrogen-bond acceptors (Lipinski definition) is 5. The van der Waals surface area contributed by atoms with Gasteiger partial charge in [0.1, 0.15) is 18.5 Å². The third kappa shape index (κ3) is 4.49. The standard InChI is InChI=1S/C20H21FN2O4/c1-13-10-15(5-6-17(13)14(2)24)27-12-16-11-23(8-9-26-16)20(25)18-4-3-7-22-19(18)21/h3-7,10,16H,8-9,11-12H2,1-2H3. The van der Waals surface area contributed by atoms with Gasteiger partial charge in [-0.3, -0.25) is 9.59 Å². The second-order valence-corrected chi connectivity index (χ2v) is 6.43. The molecule has 2 aromatic rings. The number of nitrogens with zero attached hydrogens (tertiary/aromatic N) is 2. The van der Waals surface area contributed by atoms with E-state index in [1.807, 2.05) is 6.92 Å². The third-order valence-corrected chi connectivity index (χ3v) is 4.43. The Kier molecular flexibility index (Phi) is 5.81. The summed E-state index contributed by atoms with van der Waals surface area (Å²) in [6.45, 7) is 4.66. The normalized spacial score (nSPS) is 16.9. The van der Waals surface area contributed by atoms with Crippen molar-refractivity contribution in [1.29, 1.82) is 0 Å². The Hall–Kier alpha value is -2.80. The first-order valence-corrected chi connectivity index (χ1v) is 8.71. The fraction of sp³-hybridized carbons (Fsp3) is 0.350. The number of aromatic nitrogens is 1. The van der Waals surface area contributed by atoms with Crippen LogP contribution in [0.4, 0.5) is 4.39 Å². The fourth-order valence-corrected chi connectivity index (χ4v) is 3.03. The number of carbonyl (C=O) groups excluding carboxylic acids is 2. The number of benzene rings is 1. The van der Waals surface area contributed by atoms with Crippen LogP contribution in [0.1, 0.15) is 33.2 Å². The minimum absolute atomic E-state index is 0.00597. The van der Waals surface area contributed by atoms with Gasteiger partial charge < -0.3 is 14.4 Å². The fourth-order valence-electron chi connectivity index (χ4n) is 3.03. The van der Waals surface area contributed by atoms with Crippen molar-refractivity contribution in [1.82, 2.24) is 9.88 Å². The number of aryl methyl sites for hydroxylation is 1. The number of morpholine rings is 1. The topological polar surface area (TPSA) is 68.7 Å². The first-order valence-electron chi connectivity index (χ1n) is 8.71. The molecule has 0 radical (unpaired) electrons. The number of pyridine rings is 1. The maximum absolute atomic E-state index is 13.8. The van der Waals surface area contributed by atoms with Crippen molar-refractivity contribution in [2.24, 2.45) is 0 Å². The van der Waals surface area contributed by atoms with Crippen molar-refractivity contribution in [2.75, 3.05) is 26.3 Å². The van der Waals surface area contributed by atoms with Crippen LogP contribution in [-0.2, 0) is 4.74 Å². The smallest absolute Gasteiger partial charge is 0.258 e. The second-order valence-electron chi connectivity index (χ2n) is 6.43. The summed E-state index contributed by atoms with van der Waals surface area (Å²) in [5.74, 6) is -0.548. The SMILES string of the molecule is CC(=O)c1ccc(OCC2CN(C(=O)c3cccnc3F)CCO2)cc1C. The summed E-state index contributed by atoms with van der Waals surface area (Å²) >= 11 is 0. The zero-order chi connectivity index (χ0) is 19.4. The Labute approximate surface area is 156 Å². The van der Waals surface area contributed by atoms with Crippen LogP contribution >= 0.6 is 0 Å². The van der Waals surface area contributed by atoms with Gasteiger partial charge in [-0.15, -0.1) is 0 Å². The summed E-state index contributed by atoms with van der Waals surface area (Å²) in [5.41, 5.74) is 1.45. The highest BCUT2D eigenvalue weighted by Crippen LogP contribution is 2.19. The van der Waals surface area contributed by atoms with Gasteiger partial charge in [0.25, 0.3) is 5.91 Å². The van der Waals surface area contributed by atoms with Crippen LogP contribution < -0.4 is 4.74 Å². The van der Waals surface area contributed by atoms with Gasteiger partial charge in [0.2, 0.25) is 5.95 Å². The molecule has 7 heteroatoms. The molecule has 1 aliphatic rings. The predicted octanol–water partition coefficient (Wildman–Crippen LogP) is 2.65. The second kappa shape index (κ2) is 8.26. The molecule has 1 aromatic carbocycles.